The SMILES string of the molecule is C=CC(N)=O.NC(=O)CI.O[C@H](CS)[C@H](O)CS. The number of rotatable bonds is 5. The summed E-state index contributed by atoms with van der Waals surface area (Å²) in [5, 5.41) is 17.5. The van der Waals surface area contributed by atoms with E-state index in [1.165, 1.54) is 0 Å². The van der Waals surface area contributed by atoms with Crippen LogP contribution in [0.25, 0.3) is 0 Å². The highest BCUT2D eigenvalue weighted by atomic mass is 127. The molecule has 2 atom stereocenters. The lowest BCUT2D eigenvalue weighted by molar-refractivity contribution is -0.115. The van der Waals surface area contributed by atoms with Gasteiger partial charge in [-0.1, -0.05) is 29.2 Å². The molecule has 0 aromatic rings. The van der Waals surface area contributed by atoms with Crippen LogP contribution in [0.4, 0.5) is 0 Å². The maximum absolute atomic E-state index is 9.58. The van der Waals surface area contributed by atoms with Crippen molar-refractivity contribution in [1.29, 1.82) is 0 Å². The Morgan fingerprint density at radius 1 is 1.22 bits per heavy atom. The van der Waals surface area contributed by atoms with Crippen molar-refractivity contribution in [3.8, 4) is 0 Å². The Labute approximate surface area is 131 Å². The number of halogens is 1. The highest BCUT2D eigenvalue weighted by molar-refractivity contribution is 14.1. The molecule has 0 aromatic heterocycles. The first-order valence-corrected chi connectivity index (χ1v) is 7.39. The number of hydrogen-bond donors (Lipinski definition) is 6. The zero-order chi connectivity index (χ0) is 15.1. The number of aliphatic hydroxyl groups is 2. The predicted octanol–water partition coefficient (Wildman–Crippen LogP) is -0.868. The standard InChI is InChI=1S/C4H10O2S2.C3H5NO.C2H4INO/c5-3(1-7)4(6)2-8;1-2-3(4)5;3-1-2(4)5/h3-8H,1-2H2;2H,1H2,(H2,4,5);1H2,(H2,4,5)/t3-,4-;;/m1../s1. The van der Waals surface area contributed by atoms with Crippen LogP contribution in [0.2, 0.25) is 0 Å². The van der Waals surface area contributed by atoms with E-state index in [4.69, 9.17) is 10.2 Å². The van der Waals surface area contributed by atoms with Crippen molar-refractivity contribution in [1.82, 2.24) is 0 Å². The lowest BCUT2D eigenvalue weighted by Crippen LogP contribution is -2.28. The van der Waals surface area contributed by atoms with E-state index in [1.807, 2.05) is 22.6 Å². The van der Waals surface area contributed by atoms with Crippen molar-refractivity contribution in [3.05, 3.63) is 12.7 Å². The van der Waals surface area contributed by atoms with Crippen molar-refractivity contribution < 1.29 is 19.8 Å². The van der Waals surface area contributed by atoms with Gasteiger partial charge in [0.2, 0.25) is 11.8 Å². The van der Waals surface area contributed by atoms with E-state index < -0.39 is 18.1 Å². The summed E-state index contributed by atoms with van der Waals surface area (Å²) in [6.45, 7) is 3.09. The van der Waals surface area contributed by atoms with E-state index >= 15 is 0 Å². The van der Waals surface area contributed by atoms with Crippen LogP contribution in [0, 0.1) is 0 Å². The Kier molecular flexibility index (Phi) is 21.9. The van der Waals surface area contributed by atoms with Gasteiger partial charge in [-0.3, -0.25) is 9.59 Å². The van der Waals surface area contributed by atoms with E-state index in [9.17, 15) is 9.59 Å². The molecule has 0 saturated carbocycles. The van der Waals surface area contributed by atoms with Crippen LogP contribution >= 0.6 is 47.8 Å². The fourth-order valence-electron chi connectivity index (χ4n) is 0.243. The van der Waals surface area contributed by atoms with Gasteiger partial charge in [-0.25, -0.2) is 0 Å². The van der Waals surface area contributed by atoms with E-state index in [-0.39, 0.29) is 17.4 Å². The lowest BCUT2D eigenvalue weighted by atomic mass is 10.3. The molecule has 0 aliphatic heterocycles. The summed E-state index contributed by atoms with van der Waals surface area (Å²) in [5.74, 6) is -0.181. The fraction of sp³-hybridized carbons (Fsp3) is 0.556. The number of carbonyl (C=O) groups excluding carboxylic acids is 2. The molecule has 0 heterocycles. The first kappa shape index (κ1) is 23.1. The molecule has 108 valence electrons. The molecule has 0 aromatic carbocycles. The number of aliphatic hydroxyl groups excluding tert-OH is 2. The smallest absolute Gasteiger partial charge is 0.240 e. The topological polar surface area (TPSA) is 127 Å². The average molecular weight is 410 g/mol. The zero-order valence-electron chi connectivity index (χ0n) is 9.70. The van der Waals surface area contributed by atoms with Crippen LogP contribution in [-0.2, 0) is 9.59 Å². The van der Waals surface area contributed by atoms with Gasteiger partial charge in [0.25, 0.3) is 0 Å². The van der Waals surface area contributed by atoms with Crippen molar-refractivity contribution in [2.24, 2.45) is 11.5 Å². The third kappa shape index (κ3) is 25.0. The Morgan fingerprint density at radius 2 is 1.44 bits per heavy atom. The third-order valence-electron chi connectivity index (χ3n) is 1.15. The van der Waals surface area contributed by atoms with Crippen LogP contribution in [0.1, 0.15) is 0 Å². The van der Waals surface area contributed by atoms with Crippen molar-refractivity contribution in [3.63, 3.8) is 0 Å². The van der Waals surface area contributed by atoms with E-state index in [0.717, 1.165) is 6.08 Å². The van der Waals surface area contributed by atoms with Gasteiger partial charge in [-0.05, 0) is 6.08 Å². The maximum atomic E-state index is 9.58. The van der Waals surface area contributed by atoms with Gasteiger partial charge < -0.3 is 21.7 Å². The van der Waals surface area contributed by atoms with Gasteiger partial charge in [0.15, 0.2) is 0 Å². The number of thiol groups is 2. The largest absolute Gasteiger partial charge is 0.390 e. The second-order valence-corrected chi connectivity index (χ2v) is 4.20. The molecule has 0 unspecified atom stereocenters. The monoisotopic (exact) mass is 410 g/mol. The summed E-state index contributed by atoms with van der Waals surface area (Å²) in [6.07, 6.45) is -0.424. The highest BCUT2D eigenvalue weighted by Crippen LogP contribution is 1.96. The first-order valence-electron chi connectivity index (χ1n) is 4.60. The second kappa shape index (κ2) is 17.0. The normalized spacial score (nSPS) is 11.8. The average Bonchev–Trinajstić information content (AvgIpc) is 2.37. The summed E-state index contributed by atoms with van der Waals surface area (Å²) in [6, 6.07) is 0. The van der Waals surface area contributed by atoms with Crippen LogP contribution in [0.5, 0.6) is 0 Å². The van der Waals surface area contributed by atoms with E-state index in [1.54, 1.807) is 0 Å². The first-order chi connectivity index (χ1) is 8.26. The lowest BCUT2D eigenvalue weighted by Gasteiger charge is -2.11. The molecule has 6 N–H and O–H groups in total. The minimum absolute atomic E-state index is 0.259. The van der Waals surface area contributed by atoms with Crippen LogP contribution in [0.15, 0.2) is 12.7 Å². The Morgan fingerprint density at radius 3 is 1.50 bits per heavy atom. The van der Waals surface area contributed by atoms with Gasteiger partial charge in [-0.2, -0.15) is 25.3 Å². The number of amides is 2. The van der Waals surface area contributed by atoms with Gasteiger partial charge in [0, 0.05) is 11.5 Å². The number of alkyl halides is 1. The molecule has 0 saturated heterocycles. The van der Waals surface area contributed by atoms with Crippen LogP contribution < -0.4 is 11.5 Å². The Hall–Kier alpha value is 0.0300. The summed E-state index contributed by atoms with van der Waals surface area (Å²) in [4.78, 5) is 19.1. The predicted molar refractivity (Wildman–Crippen MR) is 87.2 cm³/mol. The molecule has 0 rings (SSSR count). The maximum Gasteiger partial charge on any atom is 0.240 e. The number of primary amides is 2. The van der Waals surface area contributed by atoms with E-state index in [0.29, 0.717) is 4.43 Å². The van der Waals surface area contributed by atoms with Crippen molar-refractivity contribution in [2.75, 3.05) is 15.9 Å². The van der Waals surface area contributed by atoms with Gasteiger partial charge in [0.1, 0.15) is 0 Å². The quantitative estimate of drug-likeness (QED) is 0.153. The molecule has 6 nitrogen and oxygen atoms in total. The molecule has 0 radical (unpaired) electrons. The Balaban J connectivity index is -0.000000197. The summed E-state index contributed by atoms with van der Waals surface area (Å²) < 4.78 is 0.414. The molecule has 0 spiro atoms. The van der Waals surface area contributed by atoms with Crippen LogP contribution in [0.3, 0.4) is 0 Å². The molecule has 2 amide bonds. The second-order valence-electron chi connectivity index (χ2n) is 2.71. The minimum Gasteiger partial charge on any atom is -0.390 e. The molecular weight excluding hydrogens is 391 g/mol. The highest BCUT2D eigenvalue weighted by Gasteiger charge is 2.10. The molecule has 18 heavy (non-hydrogen) atoms. The zero-order valence-corrected chi connectivity index (χ0v) is 13.6. The van der Waals surface area contributed by atoms with Gasteiger partial charge in [-0.15, -0.1) is 0 Å². The fourth-order valence-corrected chi connectivity index (χ4v) is 0.730. The minimum atomic E-state index is -0.740. The molecular formula is C9H19IN2O4S2. The molecule has 0 fully saturated rings. The summed E-state index contributed by atoms with van der Waals surface area (Å²) >= 11 is 9.43. The third-order valence-corrected chi connectivity index (χ3v) is 2.65. The van der Waals surface area contributed by atoms with E-state index in [2.05, 4.69) is 43.3 Å². The van der Waals surface area contributed by atoms with Crippen molar-refractivity contribution >= 4 is 59.7 Å². The summed E-state index contributed by atoms with van der Waals surface area (Å²) in [7, 11) is 0. The Bertz CT molecular complexity index is 237. The molecule has 0 aliphatic rings. The van der Waals surface area contributed by atoms with Crippen molar-refractivity contribution in [2.45, 2.75) is 12.2 Å². The summed E-state index contributed by atoms with van der Waals surface area (Å²) in [5.41, 5.74) is 9.18. The number of carbonyl (C=O) groups is 2. The van der Waals surface area contributed by atoms with Gasteiger partial charge in [0.05, 0.1) is 16.6 Å². The molecule has 0 aliphatic carbocycles. The number of nitrogens with two attached hydrogens (primary N) is 2. The van der Waals surface area contributed by atoms with Crippen LogP contribution in [-0.4, -0.2) is 50.2 Å². The molecule has 0 bridgehead atoms. The molecule has 9 heteroatoms. The number of hydrogen-bond acceptors (Lipinski definition) is 6. The van der Waals surface area contributed by atoms with Gasteiger partial charge >= 0.3 is 0 Å².